The van der Waals surface area contributed by atoms with E-state index in [-0.39, 0.29) is 35.6 Å². The van der Waals surface area contributed by atoms with Crippen molar-refractivity contribution in [3.05, 3.63) is 51.5 Å². The Kier molecular flexibility index (Phi) is 5.10. The van der Waals surface area contributed by atoms with E-state index in [0.29, 0.717) is 19.1 Å². The molecule has 5 heterocycles. The summed E-state index contributed by atoms with van der Waals surface area (Å²) in [7, 11) is 2.03. The van der Waals surface area contributed by atoms with Gasteiger partial charge in [-0.2, -0.15) is 0 Å². The normalized spacial score (nSPS) is 23.8. The third kappa shape index (κ3) is 3.35. The lowest BCUT2D eigenvalue weighted by Gasteiger charge is -2.36. The summed E-state index contributed by atoms with van der Waals surface area (Å²) in [6, 6.07) is 0.361. The van der Waals surface area contributed by atoms with Crippen molar-refractivity contribution in [3.63, 3.8) is 0 Å². The number of carbonyl (C=O) groups is 2. The standard InChI is InChI=1S/C21H22N5O4P/c27-18-15(20(28)23-9-13-4-1-2-6-22-8-13)11-24-12-16-25-7-3-5-14(25)10-26(16)21(29)17(24)19(18)30-31/h1-2,4,6,8,11,14,16H,3,5,7,9-10,12,31H2/p+1/t14-,16+/m0/s1. The van der Waals surface area contributed by atoms with Crippen LogP contribution in [-0.2, 0) is 6.54 Å². The van der Waals surface area contributed by atoms with Crippen molar-refractivity contribution in [3.8, 4) is 5.75 Å². The molecule has 5 rings (SSSR count). The van der Waals surface area contributed by atoms with Crippen molar-refractivity contribution >= 4 is 33.7 Å². The molecule has 2 amide bonds. The highest BCUT2D eigenvalue weighted by atomic mass is 31.0. The Hall–Kier alpha value is -2.99. The van der Waals surface area contributed by atoms with E-state index in [9.17, 15) is 14.4 Å². The molecule has 160 valence electrons. The highest BCUT2D eigenvalue weighted by Crippen LogP contribution is 2.35. The van der Waals surface area contributed by atoms with Gasteiger partial charge >= 0.3 is 0 Å². The molecule has 0 bridgehead atoms. The topological polar surface area (TPSA) is 98.0 Å². The van der Waals surface area contributed by atoms with E-state index >= 15 is 0 Å². The van der Waals surface area contributed by atoms with E-state index in [4.69, 9.17) is 4.52 Å². The Morgan fingerprint density at radius 3 is 3.00 bits per heavy atom. The second-order valence-electron chi connectivity index (χ2n) is 8.03. The molecule has 0 aromatic carbocycles. The number of pyridine rings is 1. The zero-order chi connectivity index (χ0) is 21.5. The minimum atomic E-state index is -0.595. The minimum Gasteiger partial charge on any atom is -0.474 e. The zero-order valence-corrected chi connectivity index (χ0v) is 18.0. The predicted octanol–water partition coefficient (Wildman–Crippen LogP) is -0.288. The second-order valence-corrected chi connectivity index (χ2v) is 8.26. The Bertz CT molecular complexity index is 1150. The number of fused-ring (bicyclic) bond motifs is 4. The molecule has 10 heteroatoms. The number of hydrogen-bond donors (Lipinski definition) is 1. The van der Waals surface area contributed by atoms with Crippen LogP contribution in [0, 0.1) is 0 Å². The average Bonchev–Trinajstić information content (AvgIpc) is 3.25. The fourth-order valence-corrected chi connectivity index (χ4v) is 5.04. The molecule has 0 radical (unpaired) electrons. The van der Waals surface area contributed by atoms with Crippen LogP contribution < -0.4 is 19.9 Å². The van der Waals surface area contributed by atoms with Gasteiger partial charge in [0.05, 0.1) is 28.1 Å². The predicted molar refractivity (Wildman–Crippen MR) is 119 cm³/mol. The van der Waals surface area contributed by atoms with Crippen molar-refractivity contribution in [2.75, 3.05) is 19.6 Å². The lowest BCUT2D eigenvalue weighted by molar-refractivity contribution is 0.0516. The van der Waals surface area contributed by atoms with Gasteiger partial charge in [-0.25, -0.2) is 0 Å². The molecule has 4 aliphatic heterocycles. The third-order valence-corrected chi connectivity index (χ3v) is 6.52. The van der Waals surface area contributed by atoms with E-state index < -0.39 is 11.3 Å². The summed E-state index contributed by atoms with van der Waals surface area (Å²) in [5.41, 5.74) is 0.359. The van der Waals surface area contributed by atoms with Gasteiger partial charge in [-0.05, 0) is 18.9 Å². The minimum absolute atomic E-state index is 0.0494. The van der Waals surface area contributed by atoms with Crippen molar-refractivity contribution in [2.45, 2.75) is 31.6 Å². The number of allylic oxidation sites excluding steroid dienone is 3. The molecule has 31 heavy (non-hydrogen) atoms. The first-order valence-electron chi connectivity index (χ1n) is 10.3. The first-order chi connectivity index (χ1) is 15.1. The smallest absolute Gasteiger partial charge is 0.297 e. The van der Waals surface area contributed by atoms with Crippen molar-refractivity contribution in [2.24, 2.45) is 0 Å². The molecule has 2 fully saturated rings. The molecular formula is C21H23N5O4P+. The molecule has 1 unspecified atom stereocenters. The van der Waals surface area contributed by atoms with Crippen LogP contribution in [-0.4, -0.2) is 70.5 Å². The summed E-state index contributed by atoms with van der Waals surface area (Å²) in [4.78, 5) is 43.3. The van der Waals surface area contributed by atoms with Crippen LogP contribution in [0.25, 0.3) is 0 Å². The van der Waals surface area contributed by atoms with Crippen LogP contribution in [0.15, 0.2) is 34.8 Å². The maximum absolute atomic E-state index is 13.2. The fraction of sp³-hybridized carbons (Fsp3) is 0.381. The van der Waals surface area contributed by atoms with Gasteiger partial charge in [-0.15, -0.1) is 4.67 Å². The molecule has 3 atom stereocenters. The van der Waals surface area contributed by atoms with E-state index in [1.54, 1.807) is 23.1 Å². The van der Waals surface area contributed by atoms with E-state index in [1.807, 2.05) is 26.5 Å². The first-order valence-corrected chi connectivity index (χ1v) is 10.8. The molecule has 1 N–H and O–H groups in total. The maximum Gasteiger partial charge on any atom is 0.297 e. The van der Waals surface area contributed by atoms with Crippen molar-refractivity contribution in [1.82, 2.24) is 24.4 Å². The van der Waals surface area contributed by atoms with Gasteiger partial charge in [0.25, 0.3) is 24.2 Å². The molecule has 2 saturated heterocycles. The largest absolute Gasteiger partial charge is 0.474 e. The Labute approximate surface area is 181 Å². The zero-order valence-electron chi connectivity index (χ0n) is 16.9. The van der Waals surface area contributed by atoms with Gasteiger partial charge in [-0.1, -0.05) is 6.08 Å². The summed E-state index contributed by atoms with van der Waals surface area (Å²) < 4.78 is 11.0. The highest BCUT2D eigenvalue weighted by molar-refractivity contribution is 7.10. The molecule has 1 aromatic heterocycles. The molecule has 1 aromatic rings. The molecule has 0 saturated carbocycles. The number of amides is 2. The molecule has 0 spiro atoms. The molecular weight excluding hydrogens is 417 g/mol. The second kappa shape index (κ2) is 7.93. The average molecular weight is 440 g/mol. The lowest BCUT2D eigenvalue weighted by atomic mass is 10.1. The van der Waals surface area contributed by atoms with Crippen LogP contribution in [0.5, 0.6) is 5.75 Å². The summed E-state index contributed by atoms with van der Waals surface area (Å²) in [5, 5.41) is 2.76. The summed E-state index contributed by atoms with van der Waals surface area (Å²) in [6.45, 7) is 2.34. The van der Waals surface area contributed by atoms with Crippen LogP contribution in [0.1, 0.15) is 33.7 Å². The third-order valence-electron chi connectivity index (χ3n) is 6.28. The number of hydrogen-bond acceptors (Lipinski definition) is 5. The van der Waals surface area contributed by atoms with Crippen LogP contribution in [0.3, 0.4) is 0 Å². The summed E-state index contributed by atoms with van der Waals surface area (Å²) >= 11 is 0. The number of rotatable bonds is 4. The van der Waals surface area contributed by atoms with E-state index in [1.165, 1.54) is 6.20 Å². The molecule has 9 nitrogen and oxygen atoms in total. The first kappa shape index (κ1) is 19.9. The number of nitrogens with one attached hydrogen (secondary N) is 1. The molecule has 4 aliphatic rings. The maximum atomic E-state index is 13.2. The van der Waals surface area contributed by atoms with Gasteiger partial charge in [0.1, 0.15) is 11.7 Å². The van der Waals surface area contributed by atoms with Crippen LogP contribution in [0.2, 0.25) is 0 Å². The van der Waals surface area contributed by atoms with Gasteiger partial charge in [-0.3, -0.25) is 19.3 Å². The SMILES string of the molecule is O=C(NCC1=CC=CC=[N+]=C1)c1cn2c(c(OP)c1=O)C(=O)N1C[C@@H]3CCCN3[C@H]1C2. The quantitative estimate of drug-likeness (QED) is 0.513. The van der Waals surface area contributed by atoms with Gasteiger partial charge in [0.2, 0.25) is 5.43 Å². The highest BCUT2D eigenvalue weighted by Gasteiger charge is 2.48. The van der Waals surface area contributed by atoms with E-state index in [0.717, 1.165) is 25.0 Å². The monoisotopic (exact) mass is 440 g/mol. The summed E-state index contributed by atoms with van der Waals surface area (Å²) in [5.74, 6) is -0.855. The van der Waals surface area contributed by atoms with E-state index in [2.05, 4.69) is 14.9 Å². The fourth-order valence-electron chi connectivity index (χ4n) is 4.82. The van der Waals surface area contributed by atoms with Crippen molar-refractivity contribution in [1.29, 1.82) is 0 Å². The van der Waals surface area contributed by atoms with Gasteiger partial charge < -0.3 is 19.3 Å². The summed E-state index contributed by atoms with van der Waals surface area (Å²) in [6.07, 6.45) is 12.4. The van der Waals surface area contributed by atoms with Crippen LogP contribution in [0.4, 0.5) is 0 Å². The number of carbonyl (C=O) groups excluding carboxylic acids is 2. The Morgan fingerprint density at radius 2 is 2.16 bits per heavy atom. The number of aromatic nitrogens is 1. The van der Waals surface area contributed by atoms with Crippen LogP contribution >= 0.6 is 9.47 Å². The molecule has 0 aliphatic carbocycles. The van der Waals surface area contributed by atoms with Gasteiger partial charge in [0.15, 0.2) is 11.4 Å². The lowest BCUT2D eigenvalue weighted by Crippen LogP contribution is -2.50. The number of nitrogens with zero attached hydrogens (tertiary/aromatic N) is 4. The van der Waals surface area contributed by atoms with Gasteiger partial charge in [0, 0.05) is 31.4 Å². The Morgan fingerprint density at radius 1 is 1.29 bits per heavy atom. The Balaban J connectivity index is 1.46. The van der Waals surface area contributed by atoms with Crippen molar-refractivity contribution < 1.29 is 14.1 Å².